The molecular formula is C20H18FNO2. The van der Waals surface area contributed by atoms with Crippen molar-refractivity contribution < 1.29 is 13.6 Å². The first-order valence-electron chi connectivity index (χ1n) is 7.89. The van der Waals surface area contributed by atoms with E-state index in [1.165, 1.54) is 12.3 Å². The molecule has 0 aliphatic rings. The van der Waals surface area contributed by atoms with Crippen LogP contribution < -0.4 is 5.32 Å². The van der Waals surface area contributed by atoms with Crippen molar-refractivity contribution in [3.8, 4) is 11.1 Å². The smallest absolute Gasteiger partial charge is 0.226 e. The summed E-state index contributed by atoms with van der Waals surface area (Å²) >= 11 is 0. The molecule has 3 nitrogen and oxygen atoms in total. The molecule has 3 aromatic rings. The lowest BCUT2D eigenvalue weighted by Gasteiger charge is -2.06. The molecular weight excluding hydrogens is 305 g/mol. The lowest BCUT2D eigenvalue weighted by Crippen LogP contribution is -2.10. The minimum Gasteiger partial charge on any atom is -0.449 e. The zero-order valence-corrected chi connectivity index (χ0v) is 13.2. The monoisotopic (exact) mass is 323 g/mol. The second-order valence-corrected chi connectivity index (χ2v) is 5.56. The van der Waals surface area contributed by atoms with Gasteiger partial charge in [-0.1, -0.05) is 42.5 Å². The van der Waals surface area contributed by atoms with Crippen LogP contribution in [0.5, 0.6) is 0 Å². The molecule has 0 radical (unpaired) electrons. The third-order valence-electron chi connectivity index (χ3n) is 3.79. The SMILES string of the molecule is O=C(CCCc1ccc(-c2ccccc2F)cc1)Nc1ccco1. The molecule has 0 bridgehead atoms. The fourth-order valence-electron chi connectivity index (χ4n) is 2.55. The highest BCUT2D eigenvalue weighted by atomic mass is 19.1. The zero-order chi connectivity index (χ0) is 16.8. The first-order valence-corrected chi connectivity index (χ1v) is 7.89. The second kappa shape index (κ2) is 7.59. The Hall–Kier alpha value is -2.88. The standard InChI is InChI=1S/C20H18FNO2/c21-18-7-2-1-6-17(18)16-12-10-15(11-13-16)5-3-8-19(23)22-20-9-4-14-24-20/h1-2,4,6-7,9-14H,3,5,8H2,(H,22,23). The number of anilines is 1. The molecule has 0 fully saturated rings. The molecule has 1 N–H and O–H groups in total. The van der Waals surface area contributed by atoms with E-state index in [0.717, 1.165) is 24.0 Å². The van der Waals surface area contributed by atoms with Gasteiger partial charge in [0.2, 0.25) is 5.91 Å². The Labute approximate surface area is 140 Å². The molecule has 24 heavy (non-hydrogen) atoms. The number of rotatable bonds is 6. The van der Waals surface area contributed by atoms with Gasteiger partial charge in [0.05, 0.1) is 6.26 Å². The molecule has 0 atom stereocenters. The summed E-state index contributed by atoms with van der Waals surface area (Å²) in [6.45, 7) is 0. The molecule has 3 rings (SSSR count). The summed E-state index contributed by atoms with van der Waals surface area (Å²) in [5.41, 5.74) is 2.58. The molecule has 0 spiro atoms. The number of carbonyl (C=O) groups excluding carboxylic acids is 1. The molecule has 0 saturated carbocycles. The Morgan fingerprint density at radius 2 is 1.79 bits per heavy atom. The predicted molar refractivity (Wildman–Crippen MR) is 92.1 cm³/mol. The topological polar surface area (TPSA) is 42.2 Å². The number of furan rings is 1. The Morgan fingerprint density at radius 1 is 1.00 bits per heavy atom. The molecule has 0 aliphatic carbocycles. The van der Waals surface area contributed by atoms with Gasteiger partial charge in [-0.25, -0.2) is 4.39 Å². The highest BCUT2D eigenvalue weighted by molar-refractivity contribution is 5.89. The summed E-state index contributed by atoms with van der Waals surface area (Å²) in [7, 11) is 0. The molecule has 1 heterocycles. The minimum absolute atomic E-state index is 0.0621. The van der Waals surface area contributed by atoms with Crippen molar-refractivity contribution in [2.24, 2.45) is 0 Å². The van der Waals surface area contributed by atoms with Gasteiger partial charge in [0, 0.05) is 18.1 Å². The Balaban J connectivity index is 1.51. The molecule has 1 aromatic heterocycles. The number of hydrogen-bond acceptors (Lipinski definition) is 2. The van der Waals surface area contributed by atoms with E-state index in [1.54, 1.807) is 24.3 Å². The largest absolute Gasteiger partial charge is 0.449 e. The maximum Gasteiger partial charge on any atom is 0.226 e. The lowest BCUT2D eigenvalue weighted by atomic mass is 10.0. The van der Waals surface area contributed by atoms with E-state index in [9.17, 15) is 9.18 Å². The van der Waals surface area contributed by atoms with E-state index in [1.807, 2.05) is 30.3 Å². The number of halogens is 1. The molecule has 4 heteroatoms. The first-order chi connectivity index (χ1) is 11.7. The predicted octanol–water partition coefficient (Wildman–Crippen LogP) is 5.05. The molecule has 0 unspecified atom stereocenters. The van der Waals surface area contributed by atoms with E-state index < -0.39 is 0 Å². The Kier molecular flexibility index (Phi) is 5.06. The van der Waals surface area contributed by atoms with Crippen molar-refractivity contribution in [3.05, 3.63) is 78.3 Å². The number of hydrogen-bond donors (Lipinski definition) is 1. The van der Waals surface area contributed by atoms with Crippen LogP contribution in [0, 0.1) is 5.82 Å². The van der Waals surface area contributed by atoms with Gasteiger partial charge in [0.1, 0.15) is 5.82 Å². The van der Waals surface area contributed by atoms with Crippen LogP contribution in [0.2, 0.25) is 0 Å². The highest BCUT2D eigenvalue weighted by Gasteiger charge is 2.06. The van der Waals surface area contributed by atoms with E-state index in [4.69, 9.17) is 4.42 Å². The van der Waals surface area contributed by atoms with Crippen LogP contribution in [-0.4, -0.2) is 5.91 Å². The van der Waals surface area contributed by atoms with E-state index in [2.05, 4.69) is 5.32 Å². The minimum atomic E-state index is -0.222. The zero-order valence-electron chi connectivity index (χ0n) is 13.2. The molecule has 1 amide bonds. The third-order valence-corrected chi connectivity index (χ3v) is 3.79. The van der Waals surface area contributed by atoms with Gasteiger partial charge in [0.15, 0.2) is 5.88 Å². The van der Waals surface area contributed by atoms with Crippen LogP contribution in [-0.2, 0) is 11.2 Å². The summed E-state index contributed by atoms with van der Waals surface area (Å²) in [5.74, 6) is 0.182. The first kappa shape index (κ1) is 16.0. The number of benzene rings is 2. The van der Waals surface area contributed by atoms with Crippen LogP contribution in [0.1, 0.15) is 18.4 Å². The summed E-state index contributed by atoms with van der Waals surface area (Å²) < 4.78 is 18.8. The average Bonchev–Trinajstić information content (AvgIpc) is 3.09. The van der Waals surface area contributed by atoms with Gasteiger partial charge in [-0.05, 0) is 36.1 Å². The summed E-state index contributed by atoms with van der Waals surface area (Å²) in [6.07, 6.45) is 3.48. The molecule has 122 valence electrons. The Bertz CT molecular complexity index is 795. The van der Waals surface area contributed by atoms with Crippen LogP contribution >= 0.6 is 0 Å². The van der Waals surface area contributed by atoms with Crippen molar-refractivity contribution in [3.63, 3.8) is 0 Å². The van der Waals surface area contributed by atoms with Crippen molar-refractivity contribution >= 4 is 11.8 Å². The number of carbonyl (C=O) groups is 1. The summed E-state index contributed by atoms with van der Waals surface area (Å²) in [6, 6.07) is 18.0. The van der Waals surface area contributed by atoms with E-state index in [-0.39, 0.29) is 11.7 Å². The van der Waals surface area contributed by atoms with Gasteiger partial charge in [0.25, 0.3) is 0 Å². The fourth-order valence-corrected chi connectivity index (χ4v) is 2.55. The number of amides is 1. The van der Waals surface area contributed by atoms with Crippen molar-refractivity contribution in [1.82, 2.24) is 0 Å². The Morgan fingerprint density at radius 3 is 2.50 bits per heavy atom. The van der Waals surface area contributed by atoms with Gasteiger partial charge in [-0.2, -0.15) is 0 Å². The fraction of sp³-hybridized carbons (Fsp3) is 0.150. The molecule has 2 aromatic carbocycles. The van der Waals surface area contributed by atoms with Crippen LogP contribution in [0.3, 0.4) is 0 Å². The lowest BCUT2D eigenvalue weighted by molar-refractivity contribution is -0.116. The van der Waals surface area contributed by atoms with Crippen molar-refractivity contribution in [1.29, 1.82) is 0 Å². The third kappa shape index (κ3) is 4.10. The van der Waals surface area contributed by atoms with Crippen LogP contribution in [0.4, 0.5) is 10.3 Å². The average molecular weight is 323 g/mol. The van der Waals surface area contributed by atoms with Crippen LogP contribution in [0.25, 0.3) is 11.1 Å². The maximum absolute atomic E-state index is 13.8. The van der Waals surface area contributed by atoms with Gasteiger partial charge in [-0.15, -0.1) is 0 Å². The van der Waals surface area contributed by atoms with Crippen molar-refractivity contribution in [2.75, 3.05) is 5.32 Å². The van der Waals surface area contributed by atoms with E-state index in [0.29, 0.717) is 17.9 Å². The summed E-state index contributed by atoms with van der Waals surface area (Å²) in [4.78, 5) is 11.8. The highest BCUT2D eigenvalue weighted by Crippen LogP contribution is 2.23. The van der Waals surface area contributed by atoms with E-state index >= 15 is 0 Å². The van der Waals surface area contributed by atoms with Gasteiger partial charge in [-0.3, -0.25) is 10.1 Å². The second-order valence-electron chi connectivity index (χ2n) is 5.56. The summed E-state index contributed by atoms with van der Waals surface area (Å²) in [5, 5.41) is 2.70. The normalized spacial score (nSPS) is 10.5. The number of nitrogens with one attached hydrogen (secondary N) is 1. The molecule has 0 saturated heterocycles. The van der Waals surface area contributed by atoms with Crippen LogP contribution in [0.15, 0.2) is 71.3 Å². The number of aryl methyl sites for hydroxylation is 1. The van der Waals surface area contributed by atoms with Gasteiger partial charge >= 0.3 is 0 Å². The molecule has 0 aliphatic heterocycles. The van der Waals surface area contributed by atoms with Crippen molar-refractivity contribution in [2.45, 2.75) is 19.3 Å². The maximum atomic E-state index is 13.8. The van der Waals surface area contributed by atoms with Gasteiger partial charge < -0.3 is 4.42 Å². The quantitative estimate of drug-likeness (QED) is 0.690.